The fourth-order valence-corrected chi connectivity index (χ4v) is 2.43. The number of nitrogens with one attached hydrogen (secondary N) is 1. The van der Waals surface area contributed by atoms with Crippen LogP contribution in [0.15, 0.2) is 18.7 Å². The second-order valence-corrected chi connectivity index (χ2v) is 5.50. The molecule has 0 atom stereocenters. The number of aromatic nitrogens is 4. The highest BCUT2D eigenvalue weighted by Crippen LogP contribution is 2.28. The lowest BCUT2D eigenvalue weighted by Crippen LogP contribution is -2.13. The molecule has 5 nitrogen and oxygen atoms in total. The Hall–Kier alpha value is -1.91. The summed E-state index contributed by atoms with van der Waals surface area (Å²) < 4.78 is 2.09. The standard InChI is InChI=1S/C16H25N5/c1-5-7-13-17-9-10-21(13)16-14(12(3)4)15(18-8-6-2)19-11-20-16/h9-12H,5-8H2,1-4H3,(H,18,19,20). The molecule has 2 aromatic rings. The first-order chi connectivity index (χ1) is 10.2. The highest BCUT2D eigenvalue weighted by atomic mass is 15.1. The summed E-state index contributed by atoms with van der Waals surface area (Å²) in [6, 6.07) is 0. The highest BCUT2D eigenvalue weighted by molar-refractivity contribution is 5.54. The summed E-state index contributed by atoms with van der Waals surface area (Å²) in [5, 5.41) is 3.41. The van der Waals surface area contributed by atoms with E-state index in [9.17, 15) is 0 Å². The van der Waals surface area contributed by atoms with Crippen molar-refractivity contribution in [2.45, 2.75) is 52.9 Å². The summed E-state index contributed by atoms with van der Waals surface area (Å²) in [6.07, 6.45) is 8.56. The second-order valence-electron chi connectivity index (χ2n) is 5.50. The Kier molecular flexibility index (Phi) is 5.31. The summed E-state index contributed by atoms with van der Waals surface area (Å²) >= 11 is 0. The zero-order valence-corrected chi connectivity index (χ0v) is 13.4. The maximum Gasteiger partial charge on any atom is 0.147 e. The molecule has 0 aromatic carbocycles. The van der Waals surface area contributed by atoms with Crippen LogP contribution in [-0.2, 0) is 6.42 Å². The molecule has 0 amide bonds. The molecule has 1 N–H and O–H groups in total. The van der Waals surface area contributed by atoms with Crippen LogP contribution in [0.2, 0.25) is 0 Å². The smallest absolute Gasteiger partial charge is 0.147 e. The molecule has 0 aliphatic rings. The average molecular weight is 287 g/mol. The van der Waals surface area contributed by atoms with E-state index in [2.05, 4.69) is 52.5 Å². The zero-order valence-electron chi connectivity index (χ0n) is 13.4. The van der Waals surface area contributed by atoms with Crippen molar-refractivity contribution in [3.63, 3.8) is 0 Å². The van der Waals surface area contributed by atoms with Crippen LogP contribution in [0.5, 0.6) is 0 Å². The van der Waals surface area contributed by atoms with E-state index < -0.39 is 0 Å². The maximum atomic E-state index is 4.53. The Morgan fingerprint density at radius 1 is 1.14 bits per heavy atom. The van der Waals surface area contributed by atoms with Gasteiger partial charge in [0.2, 0.25) is 0 Å². The normalized spacial score (nSPS) is 11.1. The van der Waals surface area contributed by atoms with Gasteiger partial charge in [-0.15, -0.1) is 0 Å². The Labute approximate surface area is 126 Å². The summed E-state index contributed by atoms with van der Waals surface area (Å²) in [5.74, 6) is 3.28. The van der Waals surface area contributed by atoms with Crippen molar-refractivity contribution >= 4 is 5.82 Å². The first kappa shape index (κ1) is 15.5. The summed E-state index contributed by atoms with van der Waals surface area (Å²) in [6.45, 7) is 9.59. The predicted molar refractivity (Wildman–Crippen MR) is 86.0 cm³/mol. The molecule has 5 heteroatoms. The van der Waals surface area contributed by atoms with Crippen molar-refractivity contribution in [1.82, 2.24) is 19.5 Å². The van der Waals surface area contributed by atoms with Crippen LogP contribution in [0.25, 0.3) is 5.82 Å². The fourth-order valence-electron chi connectivity index (χ4n) is 2.43. The van der Waals surface area contributed by atoms with Crippen molar-refractivity contribution < 1.29 is 0 Å². The first-order valence-corrected chi connectivity index (χ1v) is 7.80. The van der Waals surface area contributed by atoms with Gasteiger partial charge in [0.25, 0.3) is 0 Å². The van der Waals surface area contributed by atoms with Crippen LogP contribution < -0.4 is 5.32 Å². The first-order valence-electron chi connectivity index (χ1n) is 7.80. The number of aryl methyl sites for hydroxylation is 1. The van der Waals surface area contributed by atoms with Gasteiger partial charge in [0, 0.05) is 30.9 Å². The van der Waals surface area contributed by atoms with Crippen LogP contribution >= 0.6 is 0 Å². The Balaban J connectivity index is 2.49. The topological polar surface area (TPSA) is 55.6 Å². The van der Waals surface area contributed by atoms with Crippen LogP contribution in [0.3, 0.4) is 0 Å². The van der Waals surface area contributed by atoms with Crippen LogP contribution in [0, 0.1) is 0 Å². The number of anilines is 1. The van der Waals surface area contributed by atoms with Crippen LogP contribution in [0.4, 0.5) is 5.82 Å². The van der Waals surface area contributed by atoms with Gasteiger partial charge in [0.15, 0.2) is 0 Å². The van der Waals surface area contributed by atoms with Gasteiger partial charge in [0.1, 0.15) is 23.8 Å². The lowest BCUT2D eigenvalue weighted by atomic mass is 10.0. The van der Waals surface area contributed by atoms with E-state index in [4.69, 9.17) is 0 Å². The van der Waals surface area contributed by atoms with Gasteiger partial charge in [-0.2, -0.15) is 0 Å². The van der Waals surface area contributed by atoms with Crippen molar-refractivity contribution in [3.05, 3.63) is 30.1 Å². The molecular formula is C16H25N5. The van der Waals surface area contributed by atoms with Crippen molar-refractivity contribution in [3.8, 4) is 5.82 Å². The summed E-state index contributed by atoms with van der Waals surface area (Å²) in [7, 11) is 0. The van der Waals surface area contributed by atoms with Crippen molar-refractivity contribution in [1.29, 1.82) is 0 Å². The Morgan fingerprint density at radius 3 is 2.62 bits per heavy atom. The molecule has 2 rings (SSSR count). The second kappa shape index (κ2) is 7.20. The SMILES string of the molecule is CCCNc1ncnc(-n2ccnc2CCC)c1C(C)C. The minimum Gasteiger partial charge on any atom is -0.370 e. The fraction of sp³-hybridized carbons (Fsp3) is 0.562. The lowest BCUT2D eigenvalue weighted by Gasteiger charge is -2.18. The third-order valence-corrected chi connectivity index (χ3v) is 3.40. The zero-order chi connectivity index (χ0) is 15.2. The van der Waals surface area contributed by atoms with Gasteiger partial charge >= 0.3 is 0 Å². The predicted octanol–water partition coefficient (Wildman–Crippen LogP) is 3.56. The molecule has 0 spiro atoms. The maximum absolute atomic E-state index is 4.53. The molecule has 0 aliphatic carbocycles. The van der Waals surface area contributed by atoms with Crippen molar-refractivity contribution in [2.75, 3.05) is 11.9 Å². The van der Waals surface area contributed by atoms with E-state index in [0.29, 0.717) is 5.92 Å². The summed E-state index contributed by atoms with van der Waals surface area (Å²) in [5.41, 5.74) is 1.15. The van der Waals surface area contributed by atoms with E-state index in [1.807, 2.05) is 12.4 Å². The van der Waals surface area contributed by atoms with E-state index in [1.165, 1.54) is 0 Å². The molecule has 0 saturated heterocycles. The van der Waals surface area contributed by atoms with Gasteiger partial charge in [-0.05, 0) is 18.8 Å². The third-order valence-electron chi connectivity index (χ3n) is 3.40. The molecule has 0 radical (unpaired) electrons. The summed E-state index contributed by atoms with van der Waals surface area (Å²) in [4.78, 5) is 13.4. The molecule has 2 aromatic heterocycles. The Bertz CT molecular complexity index is 574. The highest BCUT2D eigenvalue weighted by Gasteiger charge is 2.17. The van der Waals surface area contributed by atoms with Gasteiger partial charge in [-0.25, -0.2) is 15.0 Å². The monoisotopic (exact) mass is 287 g/mol. The number of nitrogens with zero attached hydrogens (tertiary/aromatic N) is 4. The van der Waals surface area contributed by atoms with Crippen molar-refractivity contribution in [2.24, 2.45) is 0 Å². The molecular weight excluding hydrogens is 262 g/mol. The largest absolute Gasteiger partial charge is 0.370 e. The Morgan fingerprint density at radius 2 is 1.95 bits per heavy atom. The number of imidazole rings is 1. The van der Waals surface area contributed by atoms with Gasteiger partial charge in [0.05, 0.1) is 0 Å². The van der Waals surface area contributed by atoms with Gasteiger partial charge < -0.3 is 5.32 Å². The van der Waals surface area contributed by atoms with E-state index in [0.717, 1.165) is 48.8 Å². The molecule has 21 heavy (non-hydrogen) atoms. The number of hydrogen-bond donors (Lipinski definition) is 1. The van der Waals surface area contributed by atoms with E-state index in [1.54, 1.807) is 6.33 Å². The lowest BCUT2D eigenvalue weighted by molar-refractivity contribution is 0.765. The molecule has 0 bridgehead atoms. The van der Waals surface area contributed by atoms with Gasteiger partial charge in [-0.3, -0.25) is 4.57 Å². The third kappa shape index (κ3) is 3.40. The quantitative estimate of drug-likeness (QED) is 0.846. The van der Waals surface area contributed by atoms with Crippen LogP contribution in [0.1, 0.15) is 57.8 Å². The molecule has 0 fully saturated rings. The average Bonchev–Trinajstić information content (AvgIpc) is 2.93. The minimum absolute atomic E-state index is 0.345. The molecule has 0 saturated carbocycles. The number of hydrogen-bond acceptors (Lipinski definition) is 4. The van der Waals surface area contributed by atoms with Crippen LogP contribution in [-0.4, -0.2) is 26.1 Å². The molecule has 0 aliphatic heterocycles. The molecule has 114 valence electrons. The molecule has 2 heterocycles. The minimum atomic E-state index is 0.345. The molecule has 0 unspecified atom stereocenters. The van der Waals surface area contributed by atoms with E-state index in [-0.39, 0.29) is 0 Å². The van der Waals surface area contributed by atoms with E-state index >= 15 is 0 Å². The number of rotatable bonds is 7. The van der Waals surface area contributed by atoms with Gasteiger partial charge in [-0.1, -0.05) is 27.7 Å².